The molecule has 0 heterocycles. The predicted octanol–water partition coefficient (Wildman–Crippen LogP) is 4.64. The highest BCUT2D eigenvalue weighted by Gasteiger charge is 2.08. The lowest BCUT2D eigenvalue weighted by Gasteiger charge is -2.06. The molecular weight excluding hydrogens is 248 g/mol. The average Bonchev–Trinajstić information content (AvgIpc) is 2.13. The molecule has 0 N–H and O–H groups in total. The topological polar surface area (TPSA) is 0 Å². The van der Waals surface area contributed by atoms with Crippen LogP contribution in [0.1, 0.15) is 12.8 Å². The third kappa shape index (κ3) is 10.2. The SMILES string of the molecule is C=C(CC#C[Si](C)(C)C)C(=C)CC#C[Si](C)(C)C. The Morgan fingerprint density at radius 1 is 0.722 bits per heavy atom. The summed E-state index contributed by atoms with van der Waals surface area (Å²) in [6.45, 7) is 21.6. The summed E-state index contributed by atoms with van der Waals surface area (Å²) in [6, 6.07) is 0. The molecule has 0 aliphatic heterocycles. The van der Waals surface area contributed by atoms with Gasteiger partial charge >= 0.3 is 0 Å². The average molecular weight is 275 g/mol. The van der Waals surface area contributed by atoms with E-state index in [0.717, 1.165) is 24.0 Å². The first kappa shape index (κ1) is 17.0. The van der Waals surface area contributed by atoms with Gasteiger partial charge in [-0.1, -0.05) is 52.4 Å². The largest absolute Gasteiger partial charge is 0.132 e. The summed E-state index contributed by atoms with van der Waals surface area (Å²) in [5.74, 6) is 6.45. The van der Waals surface area contributed by atoms with E-state index in [2.05, 4.69) is 75.4 Å². The first-order valence-electron chi connectivity index (χ1n) is 6.37. The fourth-order valence-electron chi connectivity index (χ4n) is 1.08. The summed E-state index contributed by atoms with van der Waals surface area (Å²) >= 11 is 0. The molecule has 0 saturated heterocycles. The molecule has 0 aliphatic rings. The summed E-state index contributed by atoms with van der Waals surface area (Å²) in [6.07, 6.45) is 1.47. The second-order valence-electron chi connectivity index (χ2n) is 6.66. The number of rotatable bonds is 3. The van der Waals surface area contributed by atoms with Gasteiger partial charge in [-0.25, -0.2) is 0 Å². The van der Waals surface area contributed by atoms with Crippen molar-refractivity contribution in [1.29, 1.82) is 0 Å². The van der Waals surface area contributed by atoms with Crippen molar-refractivity contribution in [3.63, 3.8) is 0 Å². The van der Waals surface area contributed by atoms with Gasteiger partial charge in [0, 0.05) is 12.8 Å². The minimum absolute atomic E-state index is 0.734. The molecule has 18 heavy (non-hydrogen) atoms. The second kappa shape index (κ2) is 6.83. The zero-order valence-electron chi connectivity index (χ0n) is 12.8. The van der Waals surface area contributed by atoms with Crippen LogP contribution >= 0.6 is 0 Å². The zero-order valence-corrected chi connectivity index (χ0v) is 14.8. The van der Waals surface area contributed by atoms with Crippen LogP contribution in [-0.4, -0.2) is 16.1 Å². The number of hydrogen-bond acceptors (Lipinski definition) is 0. The van der Waals surface area contributed by atoms with E-state index < -0.39 is 16.1 Å². The minimum atomic E-state index is -1.26. The lowest BCUT2D eigenvalue weighted by atomic mass is 10.0. The molecule has 0 fully saturated rings. The van der Waals surface area contributed by atoms with Crippen molar-refractivity contribution in [2.75, 3.05) is 0 Å². The molecule has 0 aromatic heterocycles. The lowest BCUT2D eigenvalue weighted by molar-refractivity contribution is 1.20. The van der Waals surface area contributed by atoms with Crippen LogP contribution in [0.4, 0.5) is 0 Å². The van der Waals surface area contributed by atoms with Crippen molar-refractivity contribution in [2.24, 2.45) is 0 Å². The van der Waals surface area contributed by atoms with Crippen LogP contribution in [-0.2, 0) is 0 Å². The highest BCUT2D eigenvalue weighted by molar-refractivity contribution is 6.84. The Balaban J connectivity index is 4.32. The van der Waals surface area contributed by atoms with Gasteiger partial charge in [-0.05, 0) is 11.1 Å². The Morgan fingerprint density at radius 3 is 1.22 bits per heavy atom. The molecule has 0 nitrogen and oxygen atoms in total. The molecular formula is C16H26Si2. The van der Waals surface area contributed by atoms with Crippen LogP contribution in [0.3, 0.4) is 0 Å². The summed E-state index contributed by atoms with van der Waals surface area (Å²) in [4.78, 5) is 0. The molecule has 0 aliphatic carbocycles. The molecule has 2 heteroatoms. The third-order valence-corrected chi connectivity index (χ3v) is 3.88. The first-order chi connectivity index (χ1) is 8.01. The molecule has 0 spiro atoms. The van der Waals surface area contributed by atoms with Gasteiger partial charge in [0.2, 0.25) is 0 Å². The fourth-order valence-corrected chi connectivity index (χ4v) is 2.32. The molecule has 0 rings (SSSR count). The smallest absolute Gasteiger partial charge is 0.129 e. The van der Waals surface area contributed by atoms with E-state index in [9.17, 15) is 0 Å². The molecule has 0 aromatic rings. The van der Waals surface area contributed by atoms with Crippen molar-refractivity contribution < 1.29 is 0 Å². The summed E-state index contributed by atoms with van der Waals surface area (Å²) in [5, 5.41) is 0. The van der Waals surface area contributed by atoms with Gasteiger partial charge in [0.05, 0.1) is 0 Å². The van der Waals surface area contributed by atoms with Gasteiger partial charge < -0.3 is 0 Å². The standard InChI is InChI=1S/C16H26Si2/c1-15(11-9-13-17(3,4)5)16(2)12-10-14-18(6,7)8/h1-2,11-12H2,3-8H3. The lowest BCUT2D eigenvalue weighted by Crippen LogP contribution is -2.16. The highest BCUT2D eigenvalue weighted by atomic mass is 28.3. The van der Waals surface area contributed by atoms with Crippen LogP contribution in [0.2, 0.25) is 39.3 Å². The van der Waals surface area contributed by atoms with Gasteiger partial charge in [0.15, 0.2) is 0 Å². The molecule has 0 bridgehead atoms. The fraction of sp³-hybridized carbons (Fsp3) is 0.500. The van der Waals surface area contributed by atoms with Gasteiger partial charge in [-0.2, -0.15) is 0 Å². The van der Waals surface area contributed by atoms with E-state index in [1.165, 1.54) is 0 Å². The van der Waals surface area contributed by atoms with E-state index in [1.807, 2.05) is 0 Å². The van der Waals surface area contributed by atoms with Crippen molar-refractivity contribution in [2.45, 2.75) is 52.1 Å². The molecule has 0 unspecified atom stereocenters. The van der Waals surface area contributed by atoms with E-state index in [4.69, 9.17) is 0 Å². The monoisotopic (exact) mass is 274 g/mol. The quantitative estimate of drug-likeness (QED) is 0.399. The Labute approximate surface area is 116 Å². The zero-order chi connectivity index (χ0) is 14.4. The number of hydrogen-bond donors (Lipinski definition) is 0. The normalized spacial score (nSPS) is 10.8. The molecule has 0 amide bonds. The van der Waals surface area contributed by atoms with Crippen molar-refractivity contribution >= 4 is 16.1 Å². The van der Waals surface area contributed by atoms with Gasteiger partial charge in [0.25, 0.3) is 0 Å². The molecule has 0 saturated carbocycles. The van der Waals surface area contributed by atoms with Crippen molar-refractivity contribution in [3.05, 3.63) is 24.3 Å². The summed E-state index contributed by atoms with van der Waals surface area (Å²) < 4.78 is 0. The van der Waals surface area contributed by atoms with Crippen molar-refractivity contribution in [3.8, 4) is 22.9 Å². The maximum atomic E-state index is 4.05. The first-order valence-corrected chi connectivity index (χ1v) is 13.4. The van der Waals surface area contributed by atoms with E-state index in [-0.39, 0.29) is 0 Å². The van der Waals surface area contributed by atoms with Gasteiger partial charge in [0.1, 0.15) is 16.1 Å². The third-order valence-electron chi connectivity index (χ3n) is 2.03. The Kier molecular flexibility index (Phi) is 6.46. The van der Waals surface area contributed by atoms with Crippen LogP contribution in [0.15, 0.2) is 24.3 Å². The van der Waals surface area contributed by atoms with Crippen LogP contribution in [0, 0.1) is 22.9 Å². The Hall–Kier alpha value is -0.966. The Morgan fingerprint density at radius 2 is 1.00 bits per heavy atom. The van der Waals surface area contributed by atoms with Gasteiger partial charge in [-0.3, -0.25) is 0 Å². The van der Waals surface area contributed by atoms with Crippen LogP contribution in [0.5, 0.6) is 0 Å². The molecule has 0 radical (unpaired) electrons. The van der Waals surface area contributed by atoms with Gasteiger partial charge in [-0.15, -0.1) is 22.9 Å². The van der Waals surface area contributed by atoms with Crippen molar-refractivity contribution in [1.82, 2.24) is 0 Å². The maximum absolute atomic E-state index is 4.05. The second-order valence-corrected chi connectivity index (χ2v) is 16.2. The molecule has 98 valence electrons. The van der Waals surface area contributed by atoms with Crippen LogP contribution in [0.25, 0.3) is 0 Å². The predicted molar refractivity (Wildman–Crippen MR) is 89.8 cm³/mol. The van der Waals surface area contributed by atoms with E-state index >= 15 is 0 Å². The minimum Gasteiger partial charge on any atom is -0.132 e. The van der Waals surface area contributed by atoms with E-state index in [1.54, 1.807) is 0 Å². The summed E-state index contributed by atoms with van der Waals surface area (Å²) in [5.41, 5.74) is 8.76. The van der Waals surface area contributed by atoms with E-state index in [0.29, 0.717) is 0 Å². The summed E-state index contributed by atoms with van der Waals surface area (Å²) in [7, 11) is -2.53. The number of allylic oxidation sites excluding steroid dienone is 2. The maximum Gasteiger partial charge on any atom is 0.129 e. The van der Waals surface area contributed by atoms with Crippen LogP contribution < -0.4 is 0 Å². The molecule has 0 atom stereocenters. The Bertz CT molecular complexity index is 390. The highest BCUT2D eigenvalue weighted by Crippen LogP contribution is 2.13. The molecule has 0 aromatic carbocycles.